The number of aromatic nitrogens is 1. The van der Waals surface area contributed by atoms with Crippen LogP contribution >= 0.6 is 23.1 Å². The van der Waals surface area contributed by atoms with Gasteiger partial charge in [-0.3, -0.25) is 9.59 Å². The zero-order valence-corrected chi connectivity index (χ0v) is 13.9. The summed E-state index contributed by atoms with van der Waals surface area (Å²) in [6, 6.07) is 7.49. The topological polar surface area (TPSA) is 59.1 Å². The molecule has 0 aliphatic carbocycles. The van der Waals surface area contributed by atoms with Gasteiger partial charge in [0.05, 0.1) is 22.0 Å². The fraction of sp³-hybridized carbons (Fsp3) is 0.400. The summed E-state index contributed by atoms with van der Waals surface area (Å²) in [6.07, 6.45) is 0. The summed E-state index contributed by atoms with van der Waals surface area (Å²) < 4.78 is 1.99. The smallest absolute Gasteiger partial charge is 0.231 e. The summed E-state index contributed by atoms with van der Waals surface area (Å²) >= 11 is 2.98. The number of thioether (sulfide) groups is 1. The van der Waals surface area contributed by atoms with E-state index in [-0.39, 0.29) is 23.4 Å². The van der Waals surface area contributed by atoms with Gasteiger partial charge in [-0.05, 0) is 25.0 Å². The molecule has 1 heterocycles. The lowest BCUT2D eigenvalue weighted by atomic mass is 10.0. The number of carbonyl (C=O) groups is 2. The van der Waals surface area contributed by atoms with Crippen LogP contribution in [0.15, 0.2) is 28.6 Å². The number of carbonyl (C=O) groups excluding carboxylic acids is 2. The Morgan fingerprint density at radius 1 is 1.33 bits per heavy atom. The standard InChI is InChI=1S/C15H18N2O2S2/c1-9(2)14(10(3)18)17-13(19)8-20-15-16-11-6-4-5-7-12(11)21-15/h4-7,9,14H,8H2,1-3H3,(H,17,19). The number of amides is 1. The quantitative estimate of drug-likeness (QED) is 0.830. The number of rotatable bonds is 6. The van der Waals surface area contributed by atoms with Gasteiger partial charge in [-0.15, -0.1) is 11.3 Å². The van der Waals surface area contributed by atoms with Crippen LogP contribution in [0.4, 0.5) is 0 Å². The molecule has 1 aromatic heterocycles. The molecule has 0 saturated carbocycles. The van der Waals surface area contributed by atoms with Crippen molar-refractivity contribution >= 4 is 45.0 Å². The lowest BCUT2D eigenvalue weighted by Gasteiger charge is -2.19. The molecule has 1 aromatic carbocycles. The maximum Gasteiger partial charge on any atom is 0.231 e. The first-order chi connectivity index (χ1) is 9.97. The summed E-state index contributed by atoms with van der Waals surface area (Å²) in [6.45, 7) is 5.35. The normalized spacial score (nSPS) is 12.6. The Morgan fingerprint density at radius 2 is 2.05 bits per heavy atom. The minimum atomic E-state index is -0.409. The summed E-state index contributed by atoms with van der Waals surface area (Å²) in [4.78, 5) is 27.9. The zero-order valence-electron chi connectivity index (χ0n) is 12.3. The number of thiazole rings is 1. The minimum Gasteiger partial charge on any atom is -0.345 e. The van der Waals surface area contributed by atoms with E-state index in [1.54, 1.807) is 11.3 Å². The van der Waals surface area contributed by atoms with Crippen molar-refractivity contribution in [2.75, 3.05) is 5.75 Å². The van der Waals surface area contributed by atoms with E-state index < -0.39 is 6.04 Å². The third kappa shape index (κ3) is 4.28. The molecule has 2 aromatic rings. The van der Waals surface area contributed by atoms with Gasteiger partial charge in [-0.25, -0.2) is 4.98 Å². The van der Waals surface area contributed by atoms with E-state index >= 15 is 0 Å². The van der Waals surface area contributed by atoms with Crippen molar-refractivity contribution in [3.63, 3.8) is 0 Å². The number of Topliss-reactive ketones (excluding diaryl/α,β-unsaturated/α-hetero) is 1. The van der Waals surface area contributed by atoms with Gasteiger partial charge in [-0.1, -0.05) is 37.7 Å². The number of fused-ring (bicyclic) bond motifs is 1. The van der Waals surface area contributed by atoms with Crippen molar-refractivity contribution < 1.29 is 9.59 Å². The van der Waals surface area contributed by atoms with Crippen LogP contribution in [0.25, 0.3) is 10.2 Å². The number of ketones is 1. The van der Waals surface area contributed by atoms with E-state index in [2.05, 4.69) is 10.3 Å². The molecule has 1 N–H and O–H groups in total. The van der Waals surface area contributed by atoms with E-state index in [1.165, 1.54) is 18.7 Å². The molecule has 21 heavy (non-hydrogen) atoms. The Bertz CT molecular complexity index is 619. The molecule has 0 aliphatic heterocycles. The number of nitrogens with zero attached hydrogens (tertiary/aromatic N) is 1. The second-order valence-corrected chi connectivity index (χ2v) is 7.39. The fourth-order valence-corrected chi connectivity index (χ4v) is 3.87. The highest BCUT2D eigenvalue weighted by molar-refractivity contribution is 8.01. The predicted molar refractivity (Wildman–Crippen MR) is 87.8 cm³/mol. The Balaban J connectivity index is 1.93. The lowest BCUT2D eigenvalue weighted by Crippen LogP contribution is -2.44. The first-order valence-corrected chi connectivity index (χ1v) is 8.55. The van der Waals surface area contributed by atoms with Crippen molar-refractivity contribution in [3.05, 3.63) is 24.3 Å². The van der Waals surface area contributed by atoms with Crippen LogP contribution in [0, 0.1) is 5.92 Å². The van der Waals surface area contributed by atoms with Crippen LogP contribution in [0.1, 0.15) is 20.8 Å². The molecule has 4 nitrogen and oxygen atoms in total. The molecule has 112 valence electrons. The van der Waals surface area contributed by atoms with Crippen molar-refractivity contribution in [1.29, 1.82) is 0 Å². The molecule has 0 aliphatic rings. The monoisotopic (exact) mass is 322 g/mol. The number of nitrogens with one attached hydrogen (secondary N) is 1. The molecule has 0 radical (unpaired) electrons. The van der Waals surface area contributed by atoms with Crippen LogP contribution in [0.3, 0.4) is 0 Å². The second kappa shape index (κ2) is 7.04. The van der Waals surface area contributed by atoms with Gasteiger partial charge in [0, 0.05) is 0 Å². The Hall–Kier alpha value is -1.40. The van der Waals surface area contributed by atoms with Crippen molar-refractivity contribution in [1.82, 2.24) is 10.3 Å². The molecule has 1 atom stereocenters. The molecular weight excluding hydrogens is 304 g/mol. The number of hydrogen-bond acceptors (Lipinski definition) is 5. The molecule has 0 saturated heterocycles. The van der Waals surface area contributed by atoms with Crippen LogP contribution in [-0.4, -0.2) is 28.5 Å². The molecule has 0 bridgehead atoms. The average molecular weight is 322 g/mol. The molecule has 1 unspecified atom stereocenters. The lowest BCUT2D eigenvalue weighted by molar-refractivity contribution is -0.126. The predicted octanol–water partition coefficient (Wildman–Crippen LogP) is 3.12. The van der Waals surface area contributed by atoms with Crippen LogP contribution in [0.2, 0.25) is 0 Å². The average Bonchev–Trinajstić information content (AvgIpc) is 2.84. The van der Waals surface area contributed by atoms with Gasteiger partial charge < -0.3 is 5.32 Å². The minimum absolute atomic E-state index is 0.0108. The van der Waals surface area contributed by atoms with Crippen molar-refractivity contribution in [2.45, 2.75) is 31.2 Å². The van der Waals surface area contributed by atoms with E-state index in [1.807, 2.05) is 38.1 Å². The third-order valence-electron chi connectivity index (χ3n) is 3.02. The summed E-state index contributed by atoms with van der Waals surface area (Å²) in [5, 5.41) is 2.79. The van der Waals surface area contributed by atoms with Crippen LogP contribution < -0.4 is 5.32 Å². The van der Waals surface area contributed by atoms with Gasteiger partial charge in [0.1, 0.15) is 0 Å². The Labute approximate surface area is 132 Å². The van der Waals surface area contributed by atoms with Gasteiger partial charge in [0.15, 0.2) is 10.1 Å². The highest BCUT2D eigenvalue weighted by Crippen LogP contribution is 2.29. The number of benzene rings is 1. The van der Waals surface area contributed by atoms with Crippen LogP contribution in [-0.2, 0) is 9.59 Å². The van der Waals surface area contributed by atoms with E-state index in [0.717, 1.165) is 14.6 Å². The number of hydrogen-bond donors (Lipinski definition) is 1. The largest absolute Gasteiger partial charge is 0.345 e. The van der Waals surface area contributed by atoms with E-state index in [4.69, 9.17) is 0 Å². The van der Waals surface area contributed by atoms with Gasteiger partial charge in [-0.2, -0.15) is 0 Å². The molecule has 0 spiro atoms. The highest BCUT2D eigenvalue weighted by Gasteiger charge is 2.20. The molecule has 2 rings (SSSR count). The zero-order chi connectivity index (χ0) is 15.4. The third-order valence-corrected chi connectivity index (χ3v) is 5.20. The van der Waals surface area contributed by atoms with Gasteiger partial charge in [0.2, 0.25) is 5.91 Å². The second-order valence-electron chi connectivity index (χ2n) is 5.14. The van der Waals surface area contributed by atoms with Crippen molar-refractivity contribution in [3.8, 4) is 0 Å². The molecule has 1 amide bonds. The summed E-state index contributed by atoms with van der Waals surface area (Å²) in [5.74, 6) is 0.228. The Kier molecular flexibility index (Phi) is 5.36. The van der Waals surface area contributed by atoms with E-state index in [9.17, 15) is 9.59 Å². The van der Waals surface area contributed by atoms with Crippen LogP contribution in [0.5, 0.6) is 0 Å². The summed E-state index contributed by atoms with van der Waals surface area (Å²) in [7, 11) is 0. The molecule has 0 fully saturated rings. The highest BCUT2D eigenvalue weighted by atomic mass is 32.2. The van der Waals surface area contributed by atoms with E-state index in [0.29, 0.717) is 0 Å². The first-order valence-electron chi connectivity index (χ1n) is 6.75. The fourth-order valence-electron chi connectivity index (χ4n) is 1.99. The summed E-state index contributed by atoms with van der Waals surface area (Å²) in [5.41, 5.74) is 0.953. The molecular formula is C15H18N2O2S2. The molecule has 6 heteroatoms. The van der Waals surface area contributed by atoms with Gasteiger partial charge in [0.25, 0.3) is 0 Å². The maximum absolute atomic E-state index is 11.9. The van der Waals surface area contributed by atoms with Crippen molar-refractivity contribution in [2.24, 2.45) is 5.92 Å². The van der Waals surface area contributed by atoms with Gasteiger partial charge >= 0.3 is 0 Å². The number of para-hydroxylation sites is 1. The SMILES string of the molecule is CC(=O)C(NC(=O)CSc1nc2ccccc2s1)C(C)C. The maximum atomic E-state index is 11.9. The Morgan fingerprint density at radius 3 is 2.67 bits per heavy atom. The first kappa shape index (κ1) is 16.0.